The van der Waals surface area contributed by atoms with Gasteiger partial charge in [0, 0.05) is 18.8 Å². The number of sulfonamides is 1. The standard InChI is InChI=1S/C16H12F2N2O2S2/c17-12-7-13(18)9-14(8-12)24(21,22)20-10-11-3-4-19-15(6-11)16-2-1-5-23-16/h1-9,20H,10H2. The smallest absolute Gasteiger partial charge is 0.241 e. The molecule has 0 aliphatic rings. The Morgan fingerprint density at radius 3 is 2.50 bits per heavy atom. The molecule has 2 aromatic heterocycles. The van der Waals surface area contributed by atoms with E-state index in [9.17, 15) is 17.2 Å². The van der Waals surface area contributed by atoms with Crippen LogP contribution in [0, 0.1) is 11.6 Å². The molecule has 0 aliphatic carbocycles. The molecule has 0 saturated carbocycles. The van der Waals surface area contributed by atoms with Gasteiger partial charge >= 0.3 is 0 Å². The van der Waals surface area contributed by atoms with Gasteiger partial charge in [-0.25, -0.2) is 21.9 Å². The minimum absolute atomic E-state index is 0.0125. The molecule has 4 nitrogen and oxygen atoms in total. The van der Waals surface area contributed by atoms with Crippen LogP contribution in [-0.4, -0.2) is 13.4 Å². The van der Waals surface area contributed by atoms with Gasteiger partial charge in [0.25, 0.3) is 0 Å². The van der Waals surface area contributed by atoms with E-state index in [0.717, 1.165) is 22.7 Å². The summed E-state index contributed by atoms with van der Waals surface area (Å²) in [5.41, 5.74) is 1.42. The van der Waals surface area contributed by atoms with Crippen molar-refractivity contribution < 1.29 is 17.2 Å². The molecule has 3 rings (SSSR count). The van der Waals surface area contributed by atoms with Crippen molar-refractivity contribution in [1.29, 1.82) is 0 Å². The van der Waals surface area contributed by atoms with Gasteiger partial charge in [-0.1, -0.05) is 6.07 Å². The van der Waals surface area contributed by atoms with Crippen LogP contribution in [0.1, 0.15) is 5.56 Å². The molecule has 0 fully saturated rings. The molecule has 0 unspecified atom stereocenters. The summed E-state index contributed by atoms with van der Waals surface area (Å²) in [5, 5.41) is 1.92. The van der Waals surface area contributed by atoms with Crippen LogP contribution in [0.5, 0.6) is 0 Å². The van der Waals surface area contributed by atoms with Crippen molar-refractivity contribution in [1.82, 2.24) is 9.71 Å². The number of nitrogens with zero attached hydrogens (tertiary/aromatic N) is 1. The molecule has 0 saturated heterocycles. The zero-order valence-corrected chi connectivity index (χ0v) is 13.9. The molecule has 1 N–H and O–H groups in total. The van der Waals surface area contributed by atoms with Crippen LogP contribution in [0.4, 0.5) is 8.78 Å². The molecule has 0 spiro atoms. The lowest BCUT2D eigenvalue weighted by molar-refractivity contribution is 0.561. The first-order chi connectivity index (χ1) is 11.4. The highest BCUT2D eigenvalue weighted by molar-refractivity contribution is 7.89. The Balaban J connectivity index is 1.79. The molecule has 3 aromatic rings. The Hall–Kier alpha value is -2.16. The molecule has 0 radical (unpaired) electrons. The third kappa shape index (κ3) is 3.84. The van der Waals surface area contributed by atoms with E-state index in [1.54, 1.807) is 18.3 Å². The number of pyridine rings is 1. The maximum Gasteiger partial charge on any atom is 0.241 e. The van der Waals surface area contributed by atoms with Crippen molar-refractivity contribution in [2.75, 3.05) is 0 Å². The Labute approximate surface area is 141 Å². The van der Waals surface area contributed by atoms with Gasteiger partial charge in [0.05, 0.1) is 15.5 Å². The lowest BCUT2D eigenvalue weighted by atomic mass is 10.2. The van der Waals surface area contributed by atoms with Gasteiger partial charge < -0.3 is 0 Å². The van der Waals surface area contributed by atoms with E-state index in [4.69, 9.17) is 0 Å². The Morgan fingerprint density at radius 1 is 1.08 bits per heavy atom. The number of nitrogens with one attached hydrogen (secondary N) is 1. The predicted octanol–water partition coefficient (Wildman–Crippen LogP) is 3.57. The minimum atomic E-state index is -4.02. The van der Waals surface area contributed by atoms with Crippen LogP contribution in [0.25, 0.3) is 10.6 Å². The molecule has 8 heteroatoms. The number of halogens is 2. The summed E-state index contributed by atoms with van der Waals surface area (Å²) in [6.07, 6.45) is 1.58. The Morgan fingerprint density at radius 2 is 1.83 bits per heavy atom. The number of thiophene rings is 1. The summed E-state index contributed by atoms with van der Waals surface area (Å²) in [6, 6.07) is 9.41. The van der Waals surface area contributed by atoms with Gasteiger partial charge in [0.1, 0.15) is 11.6 Å². The zero-order chi connectivity index (χ0) is 17.2. The van der Waals surface area contributed by atoms with Crippen LogP contribution < -0.4 is 4.72 Å². The Bertz CT molecular complexity index is 938. The summed E-state index contributed by atoms with van der Waals surface area (Å²) < 4.78 is 53.0. The lowest BCUT2D eigenvalue weighted by Crippen LogP contribution is -2.23. The molecule has 0 amide bonds. The van der Waals surface area contributed by atoms with Gasteiger partial charge in [-0.05, 0) is 41.3 Å². The SMILES string of the molecule is O=S(=O)(NCc1ccnc(-c2cccs2)c1)c1cc(F)cc(F)c1. The normalized spacial score (nSPS) is 11.6. The van der Waals surface area contributed by atoms with Crippen molar-refractivity contribution >= 4 is 21.4 Å². The van der Waals surface area contributed by atoms with Crippen molar-refractivity contribution in [3.63, 3.8) is 0 Å². The molecular formula is C16H12F2N2O2S2. The maximum absolute atomic E-state index is 13.2. The molecular weight excluding hydrogens is 354 g/mol. The average Bonchev–Trinajstić information content (AvgIpc) is 3.07. The fourth-order valence-corrected chi connectivity index (χ4v) is 3.84. The molecule has 0 aliphatic heterocycles. The lowest BCUT2D eigenvalue weighted by Gasteiger charge is -2.08. The zero-order valence-electron chi connectivity index (χ0n) is 12.2. The van der Waals surface area contributed by atoms with Gasteiger partial charge in [0.15, 0.2) is 0 Å². The number of rotatable bonds is 5. The van der Waals surface area contributed by atoms with Crippen molar-refractivity contribution in [3.8, 4) is 10.6 Å². The van der Waals surface area contributed by atoms with Gasteiger partial charge in [0.2, 0.25) is 10.0 Å². The van der Waals surface area contributed by atoms with E-state index in [1.807, 2.05) is 17.5 Å². The van der Waals surface area contributed by atoms with E-state index >= 15 is 0 Å². The Kier molecular flexibility index (Phi) is 4.70. The average molecular weight is 366 g/mol. The van der Waals surface area contributed by atoms with E-state index < -0.39 is 26.6 Å². The van der Waals surface area contributed by atoms with Crippen LogP contribution in [0.15, 0.2) is 58.9 Å². The van der Waals surface area contributed by atoms with Gasteiger partial charge in [-0.15, -0.1) is 11.3 Å². The van der Waals surface area contributed by atoms with Crippen LogP contribution in [0.3, 0.4) is 0 Å². The molecule has 24 heavy (non-hydrogen) atoms. The van der Waals surface area contributed by atoms with Crippen LogP contribution in [0.2, 0.25) is 0 Å². The summed E-state index contributed by atoms with van der Waals surface area (Å²) >= 11 is 1.52. The first-order valence-corrected chi connectivity index (χ1v) is 9.25. The number of hydrogen-bond donors (Lipinski definition) is 1. The van der Waals surface area contributed by atoms with E-state index in [-0.39, 0.29) is 6.54 Å². The monoisotopic (exact) mass is 366 g/mol. The quantitative estimate of drug-likeness (QED) is 0.751. The van der Waals surface area contributed by atoms with Gasteiger partial charge in [-0.3, -0.25) is 4.98 Å². The molecule has 2 heterocycles. The molecule has 1 aromatic carbocycles. The largest absolute Gasteiger partial charge is 0.255 e. The highest BCUT2D eigenvalue weighted by atomic mass is 32.2. The topological polar surface area (TPSA) is 59.1 Å². The summed E-state index contributed by atoms with van der Waals surface area (Å²) in [7, 11) is -4.02. The first kappa shape index (κ1) is 16.7. The summed E-state index contributed by atoms with van der Waals surface area (Å²) in [4.78, 5) is 4.76. The van der Waals surface area contributed by atoms with Crippen molar-refractivity contribution in [3.05, 3.63) is 71.2 Å². The highest BCUT2D eigenvalue weighted by Crippen LogP contribution is 2.23. The molecule has 124 valence electrons. The second-order valence-electron chi connectivity index (χ2n) is 4.96. The third-order valence-corrected chi connectivity index (χ3v) is 5.48. The summed E-state index contributed by atoms with van der Waals surface area (Å²) in [6.45, 7) is -0.0125. The predicted molar refractivity (Wildman–Crippen MR) is 87.9 cm³/mol. The highest BCUT2D eigenvalue weighted by Gasteiger charge is 2.16. The number of benzene rings is 1. The fourth-order valence-electron chi connectivity index (χ4n) is 2.09. The van der Waals surface area contributed by atoms with Crippen LogP contribution in [-0.2, 0) is 16.6 Å². The summed E-state index contributed by atoms with van der Waals surface area (Å²) in [5.74, 6) is -1.89. The van der Waals surface area contributed by atoms with Crippen molar-refractivity contribution in [2.45, 2.75) is 11.4 Å². The number of aromatic nitrogens is 1. The fraction of sp³-hybridized carbons (Fsp3) is 0.0625. The second-order valence-corrected chi connectivity index (χ2v) is 7.67. The maximum atomic E-state index is 13.2. The van der Waals surface area contributed by atoms with E-state index in [2.05, 4.69) is 9.71 Å². The third-order valence-electron chi connectivity index (χ3n) is 3.21. The van der Waals surface area contributed by atoms with Crippen LogP contribution >= 0.6 is 11.3 Å². The second kappa shape index (κ2) is 6.76. The van der Waals surface area contributed by atoms with Gasteiger partial charge in [-0.2, -0.15) is 0 Å². The molecule has 0 atom stereocenters. The number of hydrogen-bond acceptors (Lipinski definition) is 4. The van der Waals surface area contributed by atoms with E-state index in [0.29, 0.717) is 11.6 Å². The minimum Gasteiger partial charge on any atom is -0.255 e. The van der Waals surface area contributed by atoms with Crippen molar-refractivity contribution in [2.24, 2.45) is 0 Å². The van der Waals surface area contributed by atoms with E-state index in [1.165, 1.54) is 11.3 Å². The molecule has 0 bridgehead atoms. The first-order valence-electron chi connectivity index (χ1n) is 6.89.